The van der Waals surface area contributed by atoms with Crippen LogP contribution in [-0.4, -0.2) is 16.2 Å². The molecule has 1 aliphatic rings. The van der Waals surface area contributed by atoms with Gasteiger partial charge in [0.15, 0.2) is 5.69 Å². The fraction of sp³-hybridized carbons (Fsp3) is 0.667. The van der Waals surface area contributed by atoms with E-state index < -0.39 is 11.9 Å². The van der Waals surface area contributed by atoms with Gasteiger partial charge in [-0.2, -0.15) is 13.2 Å². The largest absolute Gasteiger partial charge is 0.435 e. The second kappa shape index (κ2) is 4.40. The Labute approximate surface area is 104 Å². The normalized spacial score (nSPS) is 23.1. The summed E-state index contributed by atoms with van der Waals surface area (Å²) in [6, 6.07) is 2.56. The molecule has 3 nitrogen and oxygen atoms in total. The molecule has 0 amide bonds. The summed E-state index contributed by atoms with van der Waals surface area (Å²) in [7, 11) is 0. The van der Waals surface area contributed by atoms with Crippen LogP contribution in [0.25, 0.3) is 0 Å². The average Bonchev–Trinajstić information content (AvgIpc) is 2.57. The summed E-state index contributed by atoms with van der Waals surface area (Å²) in [6.45, 7) is 4.38. The van der Waals surface area contributed by atoms with Crippen molar-refractivity contribution in [2.45, 2.75) is 45.3 Å². The van der Waals surface area contributed by atoms with E-state index in [0.29, 0.717) is 5.82 Å². The van der Waals surface area contributed by atoms with E-state index in [1.165, 1.54) is 6.07 Å². The zero-order valence-corrected chi connectivity index (χ0v) is 10.4. The quantitative estimate of drug-likeness (QED) is 0.883. The third-order valence-electron chi connectivity index (χ3n) is 3.28. The van der Waals surface area contributed by atoms with Gasteiger partial charge in [0, 0.05) is 6.04 Å². The molecule has 0 saturated heterocycles. The van der Waals surface area contributed by atoms with E-state index in [9.17, 15) is 13.2 Å². The molecule has 1 heterocycles. The molecule has 1 fully saturated rings. The molecule has 100 valence electrons. The number of aromatic nitrogens is 2. The second-order valence-electron chi connectivity index (χ2n) is 5.55. The first-order chi connectivity index (χ1) is 8.26. The van der Waals surface area contributed by atoms with Gasteiger partial charge in [0.05, 0.1) is 0 Å². The molecule has 1 unspecified atom stereocenters. The number of nitrogens with one attached hydrogen (secondary N) is 1. The number of anilines is 1. The lowest BCUT2D eigenvalue weighted by atomic mass is 9.92. The van der Waals surface area contributed by atoms with Crippen LogP contribution < -0.4 is 5.32 Å². The molecule has 1 aliphatic carbocycles. The summed E-state index contributed by atoms with van der Waals surface area (Å²) in [6.07, 6.45) is -1.31. The van der Waals surface area contributed by atoms with Crippen LogP contribution in [0.1, 0.15) is 38.8 Å². The molecule has 1 N–H and O–H groups in total. The predicted octanol–water partition coefficient (Wildman–Crippen LogP) is 3.49. The van der Waals surface area contributed by atoms with Crippen LogP contribution in [-0.2, 0) is 6.18 Å². The minimum absolute atomic E-state index is 0.269. The van der Waals surface area contributed by atoms with Gasteiger partial charge in [-0.1, -0.05) is 13.8 Å². The van der Waals surface area contributed by atoms with Gasteiger partial charge in [0.1, 0.15) is 5.82 Å². The number of alkyl halides is 3. The summed E-state index contributed by atoms with van der Waals surface area (Å²) < 4.78 is 36.9. The minimum Gasteiger partial charge on any atom is -0.366 e. The molecule has 0 bridgehead atoms. The fourth-order valence-electron chi connectivity index (χ4n) is 2.33. The van der Waals surface area contributed by atoms with Gasteiger partial charge in [0.25, 0.3) is 0 Å². The van der Waals surface area contributed by atoms with E-state index in [0.717, 1.165) is 25.3 Å². The maximum Gasteiger partial charge on any atom is 0.435 e. The summed E-state index contributed by atoms with van der Waals surface area (Å²) >= 11 is 0. The van der Waals surface area contributed by atoms with Crippen molar-refractivity contribution in [1.29, 1.82) is 0 Å². The molecule has 1 saturated carbocycles. The van der Waals surface area contributed by atoms with Crippen LogP contribution in [0.3, 0.4) is 0 Å². The molecule has 0 spiro atoms. The third-order valence-corrected chi connectivity index (χ3v) is 3.28. The Kier molecular flexibility index (Phi) is 3.21. The molecule has 6 heteroatoms. The predicted molar refractivity (Wildman–Crippen MR) is 62.1 cm³/mol. The zero-order valence-electron chi connectivity index (χ0n) is 10.4. The first-order valence-corrected chi connectivity index (χ1v) is 5.94. The molecule has 18 heavy (non-hydrogen) atoms. The van der Waals surface area contributed by atoms with Crippen LogP contribution in [0.4, 0.5) is 19.0 Å². The first-order valence-electron chi connectivity index (χ1n) is 5.94. The highest BCUT2D eigenvalue weighted by atomic mass is 19.4. The van der Waals surface area contributed by atoms with Crippen LogP contribution in [0.2, 0.25) is 0 Å². The van der Waals surface area contributed by atoms with Crippen LogP contribution in [0.15, 0.2) is 12.1 Å². The molecular formula is C12H16F3N3. The van der Waals surface area contributed by atoms with Crippen molar-refractivity contribution < 1.29 is 13.2 Å². The Bertz CT molecular complexity index is 412. The number of halogens is 3. The average molecular weight is 259 g/mol. The number of nitrogens with zero attached hydrogens (tertiary/aromatic N) is 2. The van der Waals surface area contributed by atoms with Crippen LogP contribution >= 0.6 is 0 Å². The van der Waals surface area contributed by atoms with Crippen molar-refractivity contribution in [2.24, 2.45) is 5.41 Å². The second-order valence-corrected chi connectivity index (χ2v) is 5.55. The zero-order chi connectivity index (χ0) is 13.4. The van der Waals surface area contributed by atoms with E-state index in [1.54, 1.807) is 0 Å². The summed E-state index contributed by atoms with van der Waals surface area (Å²) in [4.78, 5) is 0. The van der Waals surface area contributed by atoms with Gasteiger partial charge in [0.2, 0.25) is 0 Å². The molecule has 1 atom stereocenters. The third kappa shape index (κ3) is 3.11. The summed E-state index contributed by atoms with van der Waals surface area (Å²) in [5, 5.41) is 9.90. The van der Waals surface area contributed by atoms with Gasteiger partial charge in [-0.05, 0) is 36.8 Å². The Hall–Kier alpha value is -1.33. The van der Waals surface area contributed by atoms with Gasteiger partial charge < -0.3 is 5.32 Å². The fourth-order valence-corrected chi connectivity index (χ4v) is 2.33. The first kappa shape index (κ1) is 13.1. The van der Waals surface area contributed by atoms with Crippen molar-refractivity contribution in [3.8, 4) is 0 Å². The van der Waals surface area contributed by atoms with Crippen molar-refractivity contribution in [3.05, 3.63) is 17.8 Å². The number of rotatable bonds is 2. The van der Waals surface area contributed by atoms with Gasteiger partial charge in [-0.3, -0.25) is 0 Å². The summed E-state index contributed by atoms with van der Waals surface area (Å²) in [5.41, 5.74) is -0.670. The SMILES string of the molecule is CC1(C)CCC(Nc2ccc(C(F)(F)F)nn2)C1. The highest BCUT2D eigenvalue weighted by Crippen LogP contribution is 2.38. The van der Waals surface area contributed by atoms with Crippen molar-refractivity contribution in [1.82, 2.24) is 10.2 Å². The van der Waals surface area contributed by atoms with Gasteiger partial charge >= 0.3 is 6.18 Å². The van der Waals surface area contributed by atoms with Crippen molar-refractivity contribution in [3.63, 3.8) is 0 Å². The number of hydrogen-bond acceptors (Lipinski definition) is 3. The van der Waals surface area contributed by atoms with Crippen LogP contribution in [0.5, 0.6) is 0 Å². The monoisotopic (exact) mass is 259 g/mol. The standard InChI is InChI=1S/C12H16F3N3/c1-11(2)6-5-8(7-11)16-10-4-3-9(17-18-10)12(13,14)15/h3-4,8H,5-7H2,1-2H3,(H,16,18). The van der Waals surface area contributed by atoms with E-state index >= 15 is 0 Å². The highest BCUT2D eigenvalue weighted by molar-refractivity contribution is 5.35. The molecule has 1 aromatic rings. The Balaban J connectivity index is 1.99. The Morgan fingerprint density at radius 1 is 1.28 bits per heavy atom. The maximum atomic E-state index is 12.3. The number of hydrogen-bond donors (Lipinski definition) is 1. The topological polar surface area (TPSA) is 37.8 Å². The van der Waals surface area contributed by atoms with Crippen molar-refractivity contribution in [2.75, 3.05) is 5.32 Å². The minimum atomic E-state index is -4.43. The molecule has 0 radical (unpaired) electrons. The smallest absolute Gasteiger partial charge is 0.366 e. The van der Waals surface area contributed by atoms with E-state index in [2.05, 4.69) is 29.4 Å². The molecule has 1 aromatic heterocycles. The maximum absolute atomic E-state index is 12.3. The lowest BCUT2D eigenvalue weighted by molar-refractivity contribution is -0.141. The van der Waals surface area contributed by atoms with E-state index in [4.69, 9.17) is 0 Å². The van der Waals surface area contributed by atoms with E-state index in [1.807, 2.05) is 0 Å². The highest BCUT2D eigenvalue weighted by Gasteiger charge is 2.33. The summed E-state index contributed by atoms with van der Waals surface area (Å²) in [5.74, 6) is 0.408. The van der Waals surface area contributed by atoms with Gasteiger partial charge in [-0.15, -0.1) is 10.2 Å². The van der Waals surface area contributed by atoms with Gasteiger partial charge in [-0.25, -0.2) is 0 Å². The van der Waals surface area contributed by atoms with Crippen LogP contribution in [0, 0.1) is 5.41 Å². The molecule has 0 aromatic carbocycles. The molecular weight excluding hydrogens is 243 g/mol. The lowest BCUT2D eigenvalue weighted by Gasteiger charge is -2.18. The molecule has 0 aliphatic heterocycles. The van der Waals surface area contributed by atoms with E-state index in [-0.39, 0.29) is 11.5 Å². The lowest BCUT2D eigenvalue weighted by Crippen LogP contribution is -2.19. The Morgan fingerprint density at radius 2 is 2.00 bits per heavy atom. The van der Waals surface area contributed by atoms with Crippen molar-refractivity contribution >= 4 is 5.82 Å². The molecule has 2 rings (SSSR count). The Morgan fingerprint density at radius 3 is 2.44 bits per heavy atom.